The fourth-order valence-corrected chi connectivity index (χ4v) is 5.56. The van der Waals surface area contributed by atoms with Crippen molar-refractivity contribution in [1.82, 2.24) is 0 Å². The van der Waals surface area contributed by atoms with Crippen LogP contribution < -0.4 is 15.9 Å². The summed E-state index contributed by atoms with van der Waals surface area (Å²) < 4.78 is 0. The molecule has 0 bridgehead atoms. The van der Waals surface area contributed by atoms with E-state index in [1.54, 1.807) is 0 Å². The monoisotopic (exact) mass is 482 g/mol. The minimum absolute atomic E-state index is 0.493. The van der Waals surface area contributed by atoms with Gasteiger partial charge in [-0.1, -0.05) is 66.7 Å². The van der Waals surface area contributed by atoms with E-state index in [-0.39, 0.29) is 0 Å². The van der Waals surface area contributed by atoms with E-state index in [4.69, 9.17) is 18.6 Å². The van der Waals surface area contributed by atoms with Crippen molar-refractivity contribution in [3.8, 4) is 0 Å². The fourth-order valence-electron chi connectivity index (χ4n) is 3.19. The summed E-state index contributed by atoms with van der Waals surface area (Å²) in [5, 5.41) is 6.89. The van der Waals surface area contributed by atoms with Crippen LogP contribution in [-0.4, -0.2) is 0 Å². The molecule has 4 heteroatoms. The van der Waals surface area contributed by atoms with Crippen molar-refractivity contribution in [2.45, 2.75) is 0 Å². The average molecular weight is 483 g/mol. The average Bonchev–Trinajstić information content (AvgIpc) is 3.49. The van der Waals surface area contributed by atoms with E-state index in [1.165, 1.54) is 26.7 Å². The predicted octanol–water partition coefficient (Wildman–Crippen LogP) is 7.10. The molecule has 0 amide bonds. The third-order valence-electron chi connectivity index (χ3n) is 4.45. The van der Waals surface area contributed by atoms with Gasteiger partial charge in [0, 0.05) is 0 Å². The van der Waals surface area contributed by atoms with Crippen LogP contribution in [0.4, 0.5) is 0 Å². The topological polar surface area (TPSA) is 0 Å². The Morgan fingerprint density at radius 3 is 1.60 bits per heavy atom. The van der Waals surface area contributed by atoms with Crippen LogP contribution in [0.25, 0.3) is 10.8 Å². The molecule has 5 aromatic carbocycles. The second kappa shape index (κ2) is 12.9. The number of fused-ring (bicyclic) bond motifs is 1. The van der Waals surface area contributed by atoms with Gasteiger partial charge in [-0.25, -0.2) is 12.1 Å². The zero-order valence-corrected chi connectivity index (χ0v) is 20.3. The zero-order valence-electron chi connectivity index (χ0n) is 16.3. The second-order valence-electron chi connectivity index (χ2n) is 6.38. The molecule has 150 valence electrons. The first-order chi connectivity index (χ1) is 14.8. The van der Waals surface area contributed by atoms with E-state index in [0.29, 0.717) is 0 Å². The molecule has 0 aromatic heterocycles. The Kier molecular flexibility index (Phi) is 9.90. The summed E-state index contributed by atoms with van der Waals surface area (Å²) in [7, 11) is 9.28. The molecule has 0 spiro atoms. The maximum absolute atomic E-state index is 4.89. The summed E-state index contributed by atoms with van der Waals surface area (Å²) in [4.78, 5) is 0. The molecule has 0 N–H and O–H groups in total. The quantitative estimate of drug-likeness (QED) is 0.146. The van der Waals surface area contributed by atoms with Crippen molar-refractivity contribution in [2.75, 3.05) is 0 Å². The van der Waals surface area contributed by atoms with Crippen LogP contribution in [0.15, 0.2) is 127 Å². The largest absolute Gasteiger partial charge is 0.214 e. The Labute approximate surface area is 196 Å². The number of hydrogen-bond acceptors (Lipinski definition) is 0. The van der Waals surface area contributed by atoms with Crippen LogP contribution in [0.3, 0.4) is 0 Å². The van der Waals surface area contributed by atoms with Crippen molar-refractivity contribution in [3.63, 3.8) is 0 Å². The van der Waals surface area contributed by atoms with E-state index in [0.717, 1.165) is 0 Å². The third kappa shape index (κ3) is 6.68. The Hall–Kier alpha value is -1.66. The fraction of sp³-hybridized carbons (Fsp3) is 0. The minimum Gasteiger partial charge on any atom is -0.214 e. The molecule has 0 aliphatic rings. The Morgan fingerprint density at radius 2 is 1.13 bits per heavy atom. The molecule has 0 saturated heterocycles. The van der Waals surface area contributed by atoms with Crippen LogP contribution in [0.2, 0.25) is 0 Å². The molecule has 0 atom stereocenters. The summed E-state index contributed by atoms with van der Waals surface area (Å²) in [5.74, 6) is 0. The molecule has 0 saturated carbocycles. The van der Waals surface area contributed by atoms with Crippen LogP contribution in [-0.2, 0) is 17.0 Å². The molecule has 5 aromatic rings. The van der Waals surface area contributed by atoms with E-state index in [1.807, 2.05) is 30.3 Å². The maximum Gasteiger partial charge on any atom is -0.0166 e. The number of hydrogen-bond donors (Lipinski definition) is 0. The Morgan fingerprint density at radius 1 is 0.633 bits per heavy atom. The smallest absolute Gasteiger partial charge is 0.0166 e. The molecule has 0 aliphatic heterocycles. The van der Waals surface area contributed by atoms with E-state index >= 15 is 0 Å². The van der Waals surface area contributed by atoms with Gasteiger partial charge in [-0.2, -0.15) is 24.3 Å². The second-order valence-corrected chi connectivity index (χ2v) is 11.2. The standard InChI is InChI=1S/C21H16P.C5H5.2ClH.Ti/c1-3-11-19(12-4-1)22(20-13-5-2-6-14-20)21-15-17-9-7-8-10-18(17)16-21;1-2-4-5-3-1;;;/h1-16H;1-5H;2*1H;/q2*-1;;;+2/p-2. The molecule has 30 heavy (non-hydrogen) atoms. The number of benzene rings is 3. The van der Waals surface area contributed by atoms with Gasteiger partial charge in [-0.05, 0) is 18.5 Å². The van der Waals surface area contributed by atoms with Crippen LogP contribution in [0, 0.1) is 0 Å². The molecule has 0 aliphatic carbocycles. The molecular weight excluding hydrogens is 462 g/mol. The molecule has 0 heterocycles. The van der Waals surface area contributed by atoms with Crippen molar-refractivity contribution in [1.29, 1.82) is 0 Å². The minimum atomic E-state index is -0.556. The first kappa shape index (κ1) is 23.0. The van der Waals surface area contributed by atoms with Crippen molar-refractivity contribution >= 4 is 53.2 Å². The summed E-state index contributed by atoms with van der Waals surface area (Å²) in [5.41, 5.74) is 0. The molecule has 0 fully saturated rings. The van der Waals surface area contributed by atoms with Crippen LogP contribution >= 0.6 is 26.5 Å². The summed E-state index contributed by atoms with van der Waals surface area (Å²) in [6.45, 7) is 0. The van der Waals surface area contributed by atoms with Gasteiger partial charge in [0.15, 0.2) is 0 Å². The molecule has 0 radical (unpaired) electrons. The molecule has 0 nitrogen and oxygen atoms in total. The molecular formula is C26H21Cl2PTi-2. The summed E-state index contributed by atoms with van der Waals surface area (Å²) in [6.07, 6.45) is 0. The first-order valence-corrected chi connectivity index (χ1v) is 15.2. The van der Waals surface area contributed by atoms with Gasteiger partial charge >= 0.3 is 35.6 Å². The zero-order chi connectivity index (χ0) is 21.0. The van der Waals surface area contributed by atoms with Gasteiger partial charge in [-0.3, -0.25) is 0 Å². The predicted molar refractivity (Wildman–Crippen MR) is 132 cm³/mol. The van der Waals surface area contributed by atoms with Crippen LogP contribution in [0.5, 0.6) is 0 Å². The third-order valence-corrected chi connectivity index (χ3v) is 6.85. The first-order valence-electron chi connectivity index (χ1n) is 9.52. The van der Waals surface area contributed by atoms with Gasteiger partial charge in [0.05, 0.1) is 0 Å². The van der Waals surface area contributed by atoms with E-state index in [2.05, 4.69) is 97.1 Å². The van der Waals surface area contributed by atoms with Gasteiger partial charge < -0.3 is 0 Å². The van der Waals surface area contributed by atoms with Crippen molar-refractivity contribution < 1.29 is 17.0 Å². The number of rotatable bonds is 3. The SMILES string of the molecule is [Cl][Ti][Cl].c1cc[cH-]c1.c1ccc(P(c2ccccc2)c2cc3ccccc3[cH-]2)cc1. The summed E-state index contributed by atoms with van der Waals surface area (Å²) >= 11 is -0.556. The molecule has 0 unspecified atom stereocenters. The Balaban J connectivity index is 0.000000272. The maximum atomic E-state index is 4.89. The van der Waals surface area contributed by atoms with Gasteiger partial charge in [0.2, 0.25) is 0 Å². The van der Waals surface area contributed by atoms with Crippen molar-refractivity contribution in [2.24, 2.45) is 0 Å². The van der Waals surface area contributed by atoms with Gasteiger partial charge in [0.1, 0.15) is 0 Å². The van der Waals surface area contributed by atoms with E-state index in [9.17, 15) is 0 Å². The van der Waals surface area contributed by atoms with Crippen LogP contribution in [0.1, 0.15) is 0 Å². The normalized spacial score (nSPS) is 9.97. The van der Waals surface area contributed by atoms with Crippen molar-refractivity contribution in [3.05, 3.63) is 127 Å². The van der Waals surface area contributed by atoms with Gasteiger partial charge in [-0.15, -0.1) is 40.3 Å². The van der Waals surface area contributed by atoms with Gasteiger partial charge in [0.25, 0.3) is 0 Å². The Bertz CT molecular complexity index is 1000. The number of halogens is 2. The van der Waals surface area contributed by atoms with E-state index < -0.39 is 25.0 Å². The molecule has 5 rings (SSSR count). The summed E-state index contributed by atoms with van der Waals surface area (Å²) in [6, 6.07) is 45.0.